The highest BCUT2D eigenvalue weighted by Crippen LogP contribution is 2.41. The molecule has 0 amide bonds. The molecule has 0 bridgehead atoms. The zero-order chi connectivity index (χ0) is 20.3. The minimum atomic E-state index is -0.682. The Morgan fingerprint density at radius 3 is 2.57 bits per heavy atom. The highest BCUT2D eigenvalue weighted by atomic mass is 32.2. The summed E-state index contributed by atoms with van der Waals surface area (Å²) in [5.74, 6) is -0.420. The predicted molar refractivity (Wildman–Crippen MR) is 110 cm³/mol. The van der Waals surface area contributed by atoms with E-state index >= 15 is 0 Å². The van der Waals surface area contributed by atoms with Gasteiger partial charge in [-0.05, 0) is 42.8 Å². The van der Waals surface area contributed by atoms with Gasteiger partial charge in [-0.3, -0.25) is 0 Å². The van der Waals surface area contributed by atoms with Crippen molar-refractivity contribution >= 4 is 34.5 Å². The van der Waals surface area contributed by atoms with Crippen molar-refractivity contribution in [2.45, 2.75) is 6.92 Å². The third kappa shape index (κ3) is 4.04. The second-order valence-corrected chi connectivity index (χ2v) is 7.04. The number of phenolic OH excluding ortho intramolecular Hbond substituents is 1. The quantitative estimate of drug-likeness (QED) is 0.738. The van der Waals surface area contributed by atoms with Gasteiger partial charge in [0, 0.05) is 11.6 Å². The van der Waals surface area contributed by atoms with Crippen molar-refractivity contribution in [2.75, 3.05) is 14.2 Å². The van der Waals surface area contributed by atoms with Crippen molar-refractivity contribution < 1.29 is 24.5 Å². The van der Waals surface area contributed by atoms with Gasteiger partial charge >= 0.3 is 5.97 Å². The molecule has 7 heteroatoms. The Kier molecular flexibility index (Phi) is 5.75. The Morgan fingerprint density at radius 2 is 1.93 bits per heavy atom. The molecule has 0 saturated heterocycles. The number of aromatic hydroxyl groups is 1. The minimum absolute atomic E-state index is 0.00624. The number of benzene rings is 2. The van der Waals surface area contributed by atoms with E-state index in [1.807, 2.05) is 31.2 Å². The van der Waals surface area contributed by atoms with Crippen LogP contribution in [0.25, 0.3) is 6.08 Å². The Labute approximate surface area is 166 Å². The number of ether oxygens (including phenoxy) is 2. The first-order valence-electron chi connectivity index (χ1n) is 8.37. The van der Waals surface area contributed by atoms with Crippen molar-refractivity contribution in [2.24, 2.45) is 4.99 Å². The molecule has 28 heavy (non-hydrogen) atoms. The summed E-state index contributed by atoms with van der Waals surface area (Å²) in [6, 6.07) is 12.3. The van der Waals surface area contributed by atoms with E-state index in [0.29, 0.717) is 26.9 Å². The van der Waals surface area contributed by atoms with E-state index < -0.39 is 5.97 Å². The topological polar surface area (TPSA) is 88.4 Å². The molecule has 0 saturated carbocycles. The monoisotopic (exact) mass is 397 g/mol. The summed E-state index contributed by atoms with van der Waals surface area (Å²) < 4.78 is 9.88. The van der Waals surface area contributed by atoms with Gasteiger partial charge in [-0.25, -0.2) is 9.79 Å². The summed E-state index contributed by atoms with van der Waals surface area (Å²) in [6.45, 7) is 1.94. The average Bonchev–Trinajstić information content (AvgIpc) is 2.97. The molecule has 0 fully saturated rings. The number of nitrogens with zero attached hydrogens (tertiary/aromatic N) is 1. The molecule has 0 atom stereocenters. The van der Waals surface area contributed by atoms with Crippen LogP contribution in [0, 0.1) is 6.92 Å². The van der Waals surface area contributed by atoms with Crippen molar-refractivity contribution in [3.05, 3.63) is 69.8 Å². The molecule has 3 rings (SSSR count). The maximum absolute atomic E-state index is 12.2. The van der Waals surface area contributed by atoms with Gasteiger partial charge in [-0.1, -0.05) is 23.9 Å². The van der Waals surface area contributed by atoms with Gasteiger partial charge < -0.3 is 19.7 Å². The molecule has 0 radical (unpaired) electrons. The third-order valence-corrected chi connectivity index (χ3v) is 5.06. The number of phenols is 1. The van der Waals surface area contributed by atoms with Crippen molar-refractivity contribution in [1.29, 1.82) is 0 Å². The molecular weight excluding hydrogens is 378 g/mol. The Hall–Kier alpha value is -3.19. The second-order valence-electron chi connectivity index (χ2n) is 6.01. The first kappa shape index (κ1) is 19.6. The van der Waals surface area contributed by atoms with Gasteiger partial charge in [-0.15, -0.1) is 0 Å². The summed E-state index contributed by atoms with van der Waals surface area (Å²) >= 11 is 1.13. The van der Waals surface area contributed by atoms with Crippen LogP contribution in [0.5, 0.6) is 11.5 Å². The van der Waals surface area contributed by atoms with Crippen LogP contribution in [0.15, 0.2) is 63.7 Å². The SMILES string of the molecule is COC(=O)C1=C(O)/C(=C\c2ccc(OC)cc2O)SC1=Nc1cccc(C)c1. The normalized spacial score (nSPS) is 16.7. The largest absolute Gasteiger partial charge is 0.507 e. The van der Waals surface area contributed by atoms with E-state index in [-0.39, 0.29) is 17.1 Å². The zero-order valence-corrected chi connectivity index (χ0v) is 16.4. The van der Waals surface area contributed by atoms with E-state index in [0.717, 1.165) is 17.3 Å². The number of esters is 1. The van der Waals surface area contributed by atoms with Crippen LogP contribution >= 0.6 is 11.8 Å². The van der Waals surface area contributed by atoms with Crippen LogP contribution in [-0.2, 0) is 9.53 Å². The fourth-order valence-corrected chi connectivity index (χ4v) is 3.65. The van der Waals surface area contributed by atoms with Gasteiger partial charge in [0.2, 0.25) is 0 Å². The Morgan fingerprint density at radius 1 is 1.14 bits per heavy atom. The number of aliphatic hydroxyl groups excluding tert-OH is 1. The molecule has 0 aromatic heterocycles. The van der Waals surface area contributed by atoms with Gasteiger partial charge in [0.1, 0.15) is 27.9 Å². The van der Waals surface area contributed by atoms with E-state index in [1.165, 1.54) is 20.3 Å². The van der Waals surface area contributed by atoms with Crippen LogP contribution in [0.4, 0.5) is 5.69 Å². The summed E-state index contributed by atoms with van der Waals surface area (Å²) in [4.78, 5) is 17.1. The maximum atomic E-state index is 12.2. The lowest BCUT2D eigenvalue weighted by Crippen LogP contribution is -2.10. The maximum Gasteiger partial charge on any atom is 0.344 e. The van der Waals surface area contributed by atoms with Gasteiger partial charge in [0.05, 0.1) is 24.8 Å². The molecule has 1 aliphatic rings. The molecule has 1 aliphatic heterocycles. The number of aryl methyl sites for hydroxylation is 1. The van der Waals surface area contributed by atoms with Gasteiger partial charge in [-0.2, -0.15) is 0 Å². The molecule has 6 nitrogen and oxygen atoms in total. The lowest BCUT2D eigenvalue weighted by atomic mass is 10.1. The van der Waals surface area contributed by atoms with Crippen LogP contribution in [-0.4, -0.2) is 35.4 Å². The first-order chi connectivity index (χ1) is 13.4. The lowest BCUT2D eigenvalue weighted by Gasteiger charge is -2.04. The number of hydrogen-bond acceptors (Lipinski definition) is 7. The first-order valence-corrected chi connectivity index (χ1v) is 9.18. The fraction of sp³-hybridized carbons (Fsp3) is 0.143. The summed E-state index contributed by atoms with van der Waals surface area (Å²) in [5.41, 5.74) is 2.14. The number of thioether (sulfide) groups is 1. The van der Waals surface area contributed by atoms with Crippen molar-refractivity contribution in [3.8, 4) is 11.5 Å². The third-order valence-electron chi connectivity index (χ3n) is 4.04. The highest BCUT2D eigenvalue weighted by Gasteiger charge is 2.33. The van der Waals surface area contributed by atoms with Gasteiger partial charge in [0.15, 0.2) is 0 Å². The van der Waals surface area contributed by atoms with E-state index in [1.54, 1.807) is 18.2 Å². The van der Waals surface area contributed by atoms with Crippen molar-refractivity contribution in [3.63, 3.8) is 0 Å². The number of aliphatic imine (C=N–C) groups is 1. The Bertz CT molecular complexity index is 1020. The fourth-order valence-electron chi connectivity index (χ4n) is 2.62. The molecule has 2 N–H and O–H groups in total. The number of carbonyl (C=O) groups excluding carboxylic acids is 1. The molecule has 0 spiro atoms. The zero-order valence-electron chi connectivity index (χ0n) is 15.6. The lowest BCUT2D eigenvalue weighted by molar-refractivity contribution is -0.135. The number of methoxy groups -OCH3 is 2. The Balaban J connectivity index is 2.05. The molecule has 1 heterocycles. The van der Waals surface area contributed by atoms with Crippen LogP contribution in [0.2, 0.25) is 0 Å². The number of hydrogen-bond donors (Lipinski definition) is 2. The van der Waals surface area contributed by atoms with E-state index in [2.05, 4.69) is 4.99 Å². The average molecular weight is 397 g/mol. The number of carbonyl (C=O) groups is 1. The smallest absolute Gasteiger partial charge is 0.344 e. The predicted octanol–water partition coefficient (Wildman–Crippen LogP) is 4.51. The van der Waals surface area contributed by atoms with Crippen LogP contribution in [0.3, 0.4) is 0 Å². The van der Waals surface area contributed by atoms with Crippen LogP contribution < -0.4 is 4.74 Å². The highest BCUT2D eigenvalue weighted by molar-refractivity contribution is 8.18. The number of aliphatic hydroxyl groups is 1. The molecular formula is C21H19NO5S. The van der Waals surface area contributed by atoms with E-state index in [9.17, 15) is 15.0 Å². The summed E-state index contributed by atoms with van der Waals surface area (Å²) in [5, 5.41) is 21.1. The second kappa shape index (κ2) is 8.22. The summed E-state index contributed by atoms with van der Waals surface area (Å²) in [7, 11) is 2.75. The molecule has 0 aliphatic carbocycles. The molecule has 2 aromatic rings. The summed E-state index contributed by atoms with van der Waals surface area (Å²) in [6.07, 6.45) is 1.58. The number of rotatable bonds is 4. The minimum Gasteiger partial charge on any atom is -0.507 e. The molecule has 2 aromatic carbocycles. The van der Waals surface area contributed by atoms with Crippen LogP contribution in [0.1, 0.15) is 11.1 Å². The molecule has 0 unspecified atom stereocenters. The molecule has 144 valence electrons. The van der Waals surface area contributed by atoms with E-state index in [4.69, 9.17) is 9.47 Å². The van der Waals surface area contributed by atoms with Crippen molar-refractivity contribution in [1.82, 2.24) is 0 Å². The standard InChI is InChI=1S/C21H19NO5S/c1-12-5-4-6-14(9-12)22-20-18(21(25)27-3)19(24)17(28-20)10-13-7-8-15(26-2)11-16(13)23/h4-11,23-24H,1-3H3/b17-10+,22-20?. The van der Waals surface area contributed by atoms with Gasteiger partial charge in [0.25, 0.3) is 0 Å².